The Morgan fingerprint density at radius 2 is 1.69 bits per heavy atom. The van der Waals surface area contributed by atoms with E-state index in [1.807, 2.05) is 24.3 Å². The normalized spacial score (nSPS) is 16.5. The smallest absolute Gasteiger partial charge is 0.247 e. The van der Waals surface area contributed by atoms with Gasteiger partial charge >= 0.3 is 0 Å². The first-order valence-electron chi connectivity index (χ1n) is 9.30. The van der Waals surface area contributed by atoms with Gasteiger partial charge in [-0.1, -0.05) is 18.2 Å². The van der Waals surface area contributed by atoms with E-state index in [9.17, 15) is 8.42 Å². The predicted octanol–water partition coefficient (Wildman–Crippen LogP) is 3.25. The molecule has 8 heteroatoms. The van der Waals surface area contributed by atoms with E-state index in [0.29, 0.717) is 43.4 Å². The van der Waals surface area contributed by atoms with Gasteiger partial charge in [-0.25, -0.2) is 8.42 Å². The highest BCUT2D eigenvalue weighted by atomic mass is 32.2. The number of methoxy groups -OCH3 is 1. The number of rotatable bonds is 5. The highest BCUT2D eigenvalue weighted by Gasteiger charge is 2.43. The van der Waals surface area contributed by atoms with Gasteiger partial charge in [0.05, 0.1) is 17.4 Å². The molecule has 0 saturated carbocycles. The lowest BCUT2D eigenvalue weighted by Crippen LogP contribution is -2.35. The fraction of sp³-hybridized carbons (Fsp3) is 0.333. The fourth-order valence-corrected chi connectivity index (χ4v) is 4.37. The summed E-state index contributed by atoms with van der Waals surface area (Å²) in [5.41, 5.74) is 1.16. The molecule has 0 bridgehead atoms. The van der Waals surface area contributed by atoms with Crippen molar-refractivity contribution in [3.05, 3.63) is 60.0 Å². The van der Waals surface area contributed by atoms with E-state index in [4.69, 9.17) is 13.9 Å². The van der Waals surface area contributed by atoms with Gasteiger partial charge in [-0.15, -0.1) is 10.2 Å². The third-order valence-corrected chi connectivity index (χ3v) is 6.46. The molecule has 1 saturated heterocycles. The summed E-state index contributed by atoms with van der Waals surface area (Å²) in [5, 5.41) is 8.60. The Bertz CT molecular complexity index is 1100. The van der Waals surface area contributed by atoms with E-state index < -0.39 is 15.3 Å². The van der Waals surface area contributed by atoms with E-state index in [2.05, 4.69) is 10.2 Å². The van der Waals surface area contributed by atoms with Crippen LogP contribution in [0.15, 0.2) is 57.8 Å². The molecule has 0 spiro atoms. The highest BCUT2D eigenvalue weighted by Crippen LogP contribution is 2.44. The van der Waals surface area contributed by atoms with Crippen molar-refractivity contribution in [2.24, 2.45) is 0 Å². The summed E-state index contributed by atoms with van der Waals surface area (Å²) in [5.74, 6) is 1.62. The largest absolute Gasteiger partial charge is 0.496 e. The molecule has 0 N–H and O–H groups in total. The molecule has 1 aliphatic rings. The standard InChI is InChI=1S/C21H22N2O5S/c1-26-18-6-4-3-5-17(18)21(11-13-27-14-12-21)20-23-22-19(28-20)15-7-9-16(10-8-15)29(2,24)25/h3-10H,11-14H2,1-2H3. The number of sulfone groups is 1. The third kappa shape index (κ3) is 3.65. The average molecular weight is 414 g/mol. The van der Waals surface area contributed by atoms with Crippen LogP contribution in [0.2, 0.25) is 0 Å². The fourth-order valence-electron chi connectivity index (χ4n) is 3.74. The van der Waals surface area contributed by atoms with E-state index in [0.717, 1.165) is 11.3 Å². The molecule has 1 aliphatic heterocycles. The van der Waals surface area contributed by atoms with Crippen molar-refractivity contribution < 1.29 is 22.3 Å². The Morgan fingerprint density at radius 1 is 1.00 bits per heavy atom. The lowest BCUT2D eigenvalue weighted by Gasteiger charge is -2.35. The number of ether oxygens (including phenoxy) is 2. The monoisotopic (exact) mass is 414 g/mol. The maximum Gasteiger partial charge on any atom is 0.247 e. The lowest BCUT2D eigenvalue weighted by atomic mass is 9.73. The van der Waals surface area contributed by atoms with Crippen molar-refractivity contribution in [2.75, 3.05) is 26.6 Å². The van der Waals surface area contributed by atoms with Gasteiger partial charge in [0, 0.05) is 30.6 Å². The Hall–Kier alpha value is -2.71. The zero-order valence-corrected chi connectivity index (χ0v) is 17.1. The minimum absolute atomic E-state index is 0.246. The number of hydrogen-bond donors (Lipinski definition) is 0. The molecule has 3 aromatic rings. The van der Waals surface area contributed by atoms with Gasteiger partial charge in [0.2, 0.25) is 11.8 Å². The first kappa shape index (κ1) is 19.6. The Balaban J connectivity index is 1.76. The van der Waals surface area contributed by atoms with Gasteiger partial charge in [0.1, 0.15) is 5.75 Å². The van der Waals surface area contributed by atoms with Crippen molar-refractivity contribution in [3.8, 4) is 17.2 Å². The molecule has 4 rings (SSSR count). The molecular weight excluding hydrogens is 392 g/mol. The summed E-state index contributed by atoms with van der Waals surface area (Å²) in [6, 6.07) is 14.3. The molecular formula is C21H22N2O5S. The molecule has 0 aliphatic carbocycles. The van der Waals surface area contributed by atoms with Crippen LogP contribution in [0.3, 0.4) is 0 Å². The molecule has 0 unspecified atom stereocenters. The van der Waals surface area contributed by atoms with Crippen LogP contribution in [0.25, 0.3) is 11.5 Å². The Kier molecular flexibility index (Phi) is 5.14. The summed E-state index contributed by atoms with van der Waals surface area (Å²) in [4.78, 5) is 0.246. The number of nitrogens with zero attached hydrogens (tertiary/aromatic N) is 2. The molecule has 0 radical (unpaired) electrons. The molecule has 29 heavy (non-hydrogen) atoms. The van der Waals surface area contributed by atoms with Gasteiger partial charge < -0.3 is 13.9 Å². The van der Waals surface area contributed by atoms with Crippen molar-refractivity contribution in [3.63, 3.8) is 0 Å². The predicted molar refractivity (Wildman–Crippen MR) is 107 cm³/mol. The molecule has 7 nitrogen and oxygen atoms in total. The average Bonchev–Trinajstić information content (AvgIpc) is 3.24. The third-order valence-electron chi connectivity index (χ3n) is 5.33. The van der Waals surface area contributed by atoms with E-state index in [1.165, 1.54) is 6.26 Å². The number of hydrogen-bond acceptors (Lipinski definition) is 7. The van der Waals surface area contributed by atoms with E-state index >= 15 is 0 Å². The van der Waals surface area contributed by atoms with E-state index in [-0.39, 0.29) is 4.90 Å². The highest BCUT2D eigenvalue weighted by molar-refractivity contribution is 7.90. The minimum Gasteiger partial charge on any atom is -0.496 e. The SMILES string of the molecule is COc1ccccc1C1(c2nnc(-c3ccc(S(C)(=O)=O)cc3)o2)CCOCC1. The molecule has 0 atom stereocenters. The quantitative estimate of drug-likeness (QED) is 0.633. The number of benzene rings is 2. The van der Waals surface area contributed by atoms with Gasteiger partial charge in [0.15, 0.2) is 9.84 Å². The van der Waals surface area contributed by atoms with Crippen LogP contribution in [0.1, 0.15) is 24.3 Å². The first-order valence-corrected chi connectivity index (χ1v) is 11.2. The number of para-hydroxylation sites is 1. The summed E-state index contributed by atoms with van der Waals surface area (Å²) < 4.78 is 40.6. The van der Waals surface area contributed by atoms with Crippen LogP contribution in [-0.4, -0.2) is 45.2 Å². The topological polar surface area (TPSA) is 91.5 Å². The van der Waals surface area contributed by atoms with Crippen LogP contribution in [0.4, 0.5) is 0 Å². The molecule has 1 aromatic heterocycles. The van der Waals surface area contributed by atoms with Gasteiger partial charge in [0.25, 0.3) is 0 Å². The van der Waals surface area contributed by atoms with Gasteiger partial charge in [-0.2, -0.15) is 0 Å². The first-order chi connectivity index (χ1) is 13.9. The van der Waals surface area contributed by atoms with Gasteiger partial charge in [-0.05, 0) is 43.2 Å². The molecule has 2 heterocycles. The van der Waals surface area contributed by atoms with Crippen LogP contribution in [0.5, 0.6) is 5.75 Å². The molecule has 2 aromatic carbocycles. The molecule has 0 amide bonds. The maximum absolute atomic E-state index is 11.7. The van der Waals surface area contributed by atoms with Crippen LogP contribution < -0.4 is 4.74 Å². The molecule has 1 fully saturated rings. The van der Waals surface area contributed by atoms with Crippen molar-refractivity contribution >= 4 is 9.84 Å². The second kappa shape index (κ2) is 7.61. The summed E-state index contributed by atoms with van der Waals surface area (Å²) in [6.45, 7) is 1.16. The summed E-state index contributed by atoms with van der Waals surface area (Å²) in [6.07, 6.45) is 2.57. The van der Waals surface area contributed by atoms with Crippen LogP contribution in [-0.2, 0) is 20.0 Å². The van der Waals surface area contributed by atoms with Crippen LogP contribution in [0, 0.1) is 0 Å². The maximum atomic E-state index is 11.7. The van der Waals surface area contributed by atoms with Crippen molar-refractivity contribution in [2.45, 2.75) is 23.2 Å². The Morgan fingerprint density at radius 3 is 2.34 bits per heavy atom. The molecule has 152 valence electrons. The summed E-state index contributed by atoms with van der Waals surface area (Å²) >= 11 is 0. The summed E-state index contributed by atoms with van der Waals surface area (Å²) in [7, 11) is -1.61. The number of aromatic nitrogens is 2. The van der Waals surface area contributed by atoms with Crippen molar-refractivity contribution in [1.82, 2.24) is 10.2 Å². The van der Waals surface area contributed by atoms with Gasteiger partial charge in [-0.3, -0.25) is 0 Å². The zero-order chi connectivity index (χ0) is 20.5. The Labute approximate surface area is 169 Å². The zero-order valence-electron chi connectivity index (χ0n) is 16.3. The van der Waals surface area contributed by atoms with Crippen molar-refractivity contribution in [1.29, 1.82) is 0 Å². The second-order valence-corrected chi connectivity index (χ2v) is 9.12. The minimum atomic E-state index is -3.26. The second-order valence-electron chi connectivity index (χ2n) is 7.10. The van der Waals surface area contributed by atoms with E-state index in [1.54, 1.807) is 31.4 Å². The van der Waals surface area contributed by atoms with Crippen LogP contribution >= 0.6 is 0 Å². The lowest BCUT2D eigenvalue weighted by molar-refractivity contribution is 0.0538.